The van der Waals surface area contributed by atoms with Gasteiger partial charge in [-0.2, -0.15) is 10.2 Å². The van der Waals surface area contributed by atoms with Gasteiger partial charge >= 0.3 is 0 Å². The van der Waals surface area contributed by atoms with Crippen molar-refractivity contribution in [3.63, 3.8) is 0 Å². The fraction of sp³-hybridized carbons (Fsp3) is 0.538. The van der Waals surface area contributed by atoms with Gasteiger partial charge in [0, 0.05) is 7.05 Å². The molecule has 108 valence electrons. The third-order valence-corrected chi connectivity index (χ3v) is 3.21. The van der Waals surface area contributed by atoms with Crippen LogP contribution in [0.3, 0.4) is 0 Å². The summed E-state index contributed by atoms with van der Waals surface area (Å²) in [6, 6.07) is 1.77. The zero-order valence-corrected chi connectivity index (χ0v) is 12.2. The van der Waals surface area contributed by atoms with Crippen molar-refractivity contribution in [3.8, 4) is 0 Å². The standard InChI is InChI=1S/C13H20N6O/c1-9(2)11(6-19-8-14-7-15-19)16-13(20)12-5-10(3)17-18(12)4/h5,7-9,11H,6H2,1-4H3,(H,16,20). The number of carbonyl (C=O) groups is 1. The first-order chi connectivity index (χ1) is 9.47. The first-order valence-electron chi connectivity index (χ1n) is 6.61. The lowest BCUT2D eigenvalue weighted by Crippen LogP contribution is -2.42. The molecule has 0 radical (unpaired) electrons. The molecule has 0 aromatic carbocycles. The summed E-state index contributed by atoms with van der Waals surface area (Å²) in [6.07, 6.45) is 3.14. The molecule has 1 atom stereocenters. The van der Waals surface area contributed by atoms with E-state index in [0.717, 1.165) is 5.69 Å². The zero-order valence-electron chi connectivity index (χ0n) is 12.2. The molecule has 0 aliphatic heterocycles. The van der Waals surface area contributed by atoms with Crippen molar-refractivity contribution >= 4 is 5.91 Å². The molecule has 1 unspecified atom stereocenters. The van der Waals surface area contributed by atoms with Gasteiger partial charge < -0.3 is 5.32 Å². The van der Waals surface area contributed by atoms with Crippen molar-refractivity contribution in [1.82, 2.24) is 29.9 Å². The lowest BCUT2D eigenvalue weighted by molar-refractivity contribution is 0.0909. The van der Waals surface area contributed by atoms with Crippen LogP contribution < -0.4 is 5.32 Å². The van der Waals surface area contributed by atoms with Crippen LogP contribution in [0.2, 0.25) is 0 Å². The maximum absolute atomic E-state index is 12.3. The fourth-order valence-corrected chi connectivity index (χ4v) is 2.02. The Balaban J connectivity index is 2.08. The zero-order chi connectivity index (χ0) is 14.7. The molecule has 0 aliphatic rings. The summed E-state index contributed by atoms with van der Waals surface area (Å²) in [4.78, 5) is 16.2. The summed E-state index contributed by atoms with van der Waals surface area (Å²) in [6.45, 7) is 6.60. The van der Waals surface area contributed by atoms with Gasteiger partial charge in [0.2, 0.25) is 0 Å². The Morgan fingerprint density at radius 3 is 2.70 bits per heavy atom. The highest BCUT2D eigenvalue weighted by Gasteiger charge is 2.20. The maximum Gasteiger partial charge on any atom is 0.269 e. The number of carbonyl (C=O) groups excluding carboxylic acids is 1. The second-order valence-corrected chi connectivity index (χ2v) is 5.24. The van der Waals surface area contributed by atoms with Crippen LogP contribution in [0.5, 0.6) is 0 Å². The minimum absolute atomic E-state index is 0.0144. The number of amides is 1. The predicted octanol–water partition coefficient (Wildman–Crippen LogP) is 0.775. The van der Waals surface area contributed by atoms with Crippen LogP contribution in [0.15, 0.2) is 18.7 Å². The monoisotopic (exact) mass is 276 g/mol. The van der Waals surface area contributed by atoms with Gasteiger partial charge in [-0.25, -0.2) is 4.98 Å². The summed E-state index contributed by atoms with van der Waals surface area (Å²) in [5.74, 6) is 0.171. The Kier molecular flexibility index (Phi) is 4.16. The van der Waals surface area contributed by atoms with Crippen molar-refractivity contribution in [2.24, 2.45) is 13.0 Å². The smallest absolute Gasteiger partial charge is 0.269 e. The van der Waals surface area contributed by atoms with Crippen LogP contribution in [-0.4, -0.2) is 36.5 Å². The van der Waals surface area contributed by atoms with Crippen LogP contribution in [0, 0.1) is 12.8 Å². The SMILES string of the molecule is Cc1cc(C(=O)NC(Cn2cncn2)C(C)C)n(C)n1. The van der Waals surface area contributed by atoms with Gasteiger partial charge in [-0.3, -0.25) is 14.2 Å². The number of aryl methyl sites for hydroxylation is 2. The minimum atomic E-state index is -0.119. The van der Waals surface area contributed by atoms with E-state index < -0.39 is 0 Å². The van der Waals surface area contributed by atoms with Crippen molar-refractivity contribution in [3.05, 3.63) is 30.1 Å². The minimum Gasteiger partial charge on any atom is -0.346 e. The van der Waals surface area contributed by atoms with Gasteiger partial charge in [0.25, 0.3) is 5.91 Å². The van der Waals surface area contributed by atoms with Crippen LogP contribution >= 0.6 is 0 Å². The van der Waals surface area contributed by atoms with Crippen molar-refractivity contribution in [1.29, 1.82) is 0 Å². The number of nitrogens with one attached hydrogen (secondary N) is 1. The van der Waals surface area contributed by atoms with Crippen molar-refractivity contribution in [2.45, 2.75) is 33.4 Å². The molecule has 0 spiro atoms. The largest absolute Gasteiger partial charge is 0.346 e. The van der Waals surface area contributed by atoms with E-state index in [-0.39, 0.29) is 17.9 Å². The number of hydrogen-bond donors (Lipinski definition) is 1. The predicted molar refractivity (Wildman–Crippen MR) is 74.1 cm³/mol. The van der Waals surface area contributed by atoms with Gasteiger partial charge in [0.1, 0.15) is 18.3 Å². The number of hydrogen-bond acceptors (Lipinski definition) is 4. The third kappa shape index (κ3) is 3.23. The highest BCUT2D eigenvalue weighted by atomic mass is 16.2. The molecular formula is C13H20N6O. The fourth-order valence-electron chi connectivity index (χ4n) is 2.02. The molecule has 1 N–H and O–H groups in total. The molecule has 2 heterocycles. The average molecular weight is 276 g/mol. The van der Waals surface area contributed by atoms with E-state index in [4.69, 9.17) is 0 Å². The van der Waals surface area contributed by atoms with Gasteiger partial charge in [-0.15, -0.1) is 0 Å². The second-order valence-electron chi connectivity index (χ2n) is 5.24. The molecule has 0 saturated carbocycles. The average Bonchev–Trinajstić information content (AvgIpc) is 2.97. The van der Waals surface area contributed by atoms with E-state index in [1.54, 1.807) is 28.8 Å². The van der Waals surface area contributed by atoms with Crippen LogP contribution in [0.4, 0.5) is 0 Å². The van der Waals surface area contributed by atoms with Crippen LogP contribution in [0.25, 0.3) is 0 Å². The Morgan fingerprint density at radius 2 is 2.20 bits per heavy atom. The Hall–Kier alpha value is -2.18. The molecule has 1 amide bonds. The molecule has 2 aromatic heterocycles. The molecule has 2 aromatic rings. The maximum atomic E-state index is 12.3. The summed E-state index contributed by atoms with van der Waals surface area (Å²) < 4.78 is 3.32. The highest BCUT2D eigenvalue weighted by Crippen LogP contribution is 2.07. The van der Waals surface area contributed by atoms with Gasteiger partial charge in [0.05, 0.1) is 18.3 Å². The topological polar surface area (TPSA) is 77.6 Å². The molecule has 0 bridgehead atoms. The van der Waals surface area contributed by atoms with Crippen LogP contribution in [-0.2, 0) is 13.6 Å². The molecule has 20 heavy (non-hydrogen) atoms. The van der Waals surface area contributed by atoms with E-state index >= 15 is 0 Å². The van der Waals surface area contributed by atoms with E-state index in [1.165, 1.54) is 6.33 Å². The van der Waals surface area contributed by atoms with Crippen LogP contribution in [0.1, 0.15) is 30.0 Å². The van der Waals surface area contributed by atoms with E-state index in [0.29, 0.717) is 12.2 Å². The van der Waals surface area contributed by atoms with E-state index in [2.05, 4.69) is 34.3 Å². The number of nitrogens with zero attached hydrogens (tertiary/aromatic N) is 5. The van der Waals surface area contributed by atoms with Gasteiger partial charge in [-0.1, -0.05) is 13.8 Å². The molecule has 7 nitrogen and oxygen atoms in total. The highest BCUT2D eigenvalue weighted by molar-refractivity contribution is 5.92. The summed E-state index contributed by atoms with van der Waals surface area (Å²) in [5.41, 5.74) is 1.39. The second kappa shape index (κ2) is 5.85. The molecular weight excluding hydrogens is 256 g/mol. The van der Waals surface area contributed by atoms with E-state index in [1.807, 2.05) is 6.92 Å². The molecule has 2 rings (SSSR count). The first-order valence-corrected chi connectivity index (χ1v) is 6.61. The van der Waals surface area contributed by atoms with Crippen molar-refractivity contribution in [2.75, 3.05) is 0 Å². The molecule has 0 fully saturated rings. The molecule has 7 heteroatoms. The number of aromatic nitrogens is 5. The summed E-state index contributed by atoms with van der Waals surface area (Å²) >= 11 is 0. The molecule has 0 aliphatic carbocycles. The van der Waals surface area contributed by atoms with E-state index in [9.17, 15) is 4.79 Å². The lowest BCUT2D eigenvalue weighted by atomic mass is 10.0. The summed E-state index contributed by atoms with van der Waals surface area (Å²) in [7, 11) is 1.77. The summed E-state index contributed by atoms with van der Waals surface area (Å²) in [5, 5.41) is 11.3. The third-order valence-electron chi connectivity index (χ3n) is 3.21. The van der Waals surface area contributed by atoms with Gasteiger partial charge in [0.15, 0.2) is 0 Å². The number of rotatable bonds is 5. The Bertz CT molecular complexity index is 572. The Morgan fingerprint density at radius 1 is 1.45 bits per heavy atom. The quantitative estimate of drug-likeness (QED) is 0.875. The van der Waals surface area contributed by atoms with Crippen molar-refractivity contribution < 1.29 is 4.79 Å². The normalized spacial score (nSPS) is 12.7. The molecule has 0 saturated heterocycles. The first kappa shape index (κ1) is 14.2. The Labute approximate surface area is 118 Å². The lowest BCUT2D eigenvalue weighted by Gasteiger charge is -2.22. The van der Waals surface area contributed by atoms with Gasteiger partial charge in [-0.05, 0) is 18.9 Å².